The maximum absolute atomic E-state index is 10.6. The van der Waals surface area contributed by atoms with Crippen molar-refractivity contribution in [3.63, 3.8) is 0 Å². The summed E-state index contributed by atoms with van der Waals surface area (Å²) >= 11 is 0. The molecule has 1 saturated carbocycles. The van der Waals surface area contributed by atoms with Crippen molar-refractivity contribution in [2.24, 2.45) is 5.92 Å². The van der Waals surface area contributed by atoms with Crippen LogP contribution in [0.1, 0.15) is 31.7 Å². The van der Waals surface area contributed by atoms with Gasteiger partial charge < -0.3 is 5.32 Å². The number of nitrogens with one attached hydrogen (secondary N) is 1. The third kappa shape index (κ3) is 2.31. The molecule has 0 bridgehead atoms. The highest BCUT2D eigenvalue weighted by Gasteiger charge is 2.37. The summed E-state index contributed by atoms with van der Waals surface area (Å²) in [5.74, 6) is 1.15. The van der Waals surface area contributed by atoms with E-state index < -0.39 is 0 Å². The second kappa shape index (κ2) is 4.84. The molecule has 0 spiro atoms. The van der Waals surface area contributed by atoms with Gasteiger partial charge in [-0.2, -0.15) is 0 Å². The van der Waals surface area contributed by atoms with E-state index in [1.807, 2.05) is 12.1 Å². The molecule has 4 nitrogen and oxygen atoms in total. The standard InChI is InChI=1S/C13H18N2O2/c1-3-14-13-8-12(9(13)2)10-4-6-11(7-5-10)15(16)17/h4-7,9,12-14H,3,8H2,1-2H3. The molecule has 1 aromatic carbocycles. The molecule has 1 N–H and O–H groups in total. The summed E-state index contributed by atoms with van der Waals surface area (Å²) in [6.45, 7) is 5.36. The lowest BCUT2D eigenvalue weighted by Crippen LogP contribution is -2.47. The number of hydrogen-bond acceptors (Lipinski definition) is 3. The van der Waals surface area contributed by atoms with Crippen LogP contribution in [0.2, 0.25) is 0 Å². The Labute approximate surface area is 101 Å². The van der Waals surface area contributed by atoms with E-state index in [4.69, 9.17) is 0 Å². The van der Waals surface area contributed by atoms with Crippen LogP contribution in [-0.2, 0) is 0 Å². The van der Waals surface area contributed by atoms with Crippen molar-refractivity contribution in [2.75, 3.05) is 6.54 Å². The lowest BCUT2D eigenvalue weighted by Gasteiger charge is -2.43. The molecule has 0 aliphatic heterocycles. The molecule has 0 aromatic heterocycles. The van der Waals surface area contributed by atoms with Gasteiger partial charge in [-0.3, -0.25) is 10.1 Å². The molecule has 0 heterocycles. The lowest BCUT2D eigenvalue weighted by atomic mass is 9.67. The molecule has 17 heavy (non-hydrogen) atoms. The molecule has 0 radical (unpaired) electrons. The fourth-order valence-corrected chi connectivity index (χ4v) is 2.60. The van der Waals surface area contributed by atoms with Crippen LogP contribution in [0.5, 0.6) is 0 Å². The number of non-ortho nitro benzene ring substituents is 1. The minimum Gasteiger partial charge on any atom is -0.314 e. The van der Waals surface area contributed by atoms with Gasteiger partial charge in [-0.25, -0.2) is 0 Å². The van der Waals surface area contributed by atoms with E-state index in [9.17, 15) is 10.1 Å². The molecule has 1 fully saturated rings. The summed E-state index contributed by atoms with van der Waals surface area (Å²) in [4.78, 5) is 10.2. The quantitative estimate of drug-likeness (QED) is 0.643. The second-order valence-corrected chi connectivity index (χ2v) is 4.71. The number of rotatable bonds is 4. The smallest absolute Gasteiger partial charge is 0.269 e. The third-order valence-corrected chi connectivity index (χ3v) is 3.78. The first-order valence-electron chi connectivity index (χ1n) is 6.11. The molecule has 92 valence electrons. The highest BCUT2D eigenvalue weighted by molar-refractivity contribution is 5.35. The van der Waals surface area contributed by atoms with Gasteiger partial charge in [-0.1, -0.05) is 26.0 Å². The zero-order valence-corrected chi connectivity index (χ0v) is 10.2. The van der Waals surface area contributed by atoms with Crippen LogP contribution in [0.4, 0.5) is 5.69 Å². The third-order valence-electron chi connectivity index (χ3n) is 3.78. The first-order valence-corrected chi connectivity index (χ1v) is 6.11. The number of benzene rings is 1. The van der Waals surface area contributed by atoms with Crippen LogP contribution in [0.15, 0.2) is 24.3 Å². The normalized spacial score (nSPS) is 27.5. The fraction of sp³-hybridized carbons (Fsp3) is 0.538. The highest BCUT2D eigenvalue weighted by atomic mass is 16.6. The van der Waals surface area contributed by atoms with Gasteiger partial charge in [-0.05, 0) is 30.4 Å². The van der Waals surface area contributed by atoms with E-state index in [1.165, 1.54) is 5.56 Å². The average molecular weight is 234 g/mol. The van der Waals surface area contributed by atoms with Crippen molar-refractivity contribution in [2.45, 2.75) is 32.2 Å². The Kier molecular flexibility index (Phi) is 3.43. The molecule has 1 aromatic rings. The Morgan fingerprint density at radius 1 is 1.41 bits per heavy atom. The number of nitrogens with zero attached hydrogens (tertiary/aromatic N) is 1. The minimum absolute atomic E-state index is 0.170. The molecule has 2 rings (SSSR count). The zero-order valence-electron chi connectivity index (χ0n) is 10.2. The SMILES string of the molecule is CCNC1CC(c2ccc([N+](=O)[O-])cc2)C1C. The highest BCUT2D eigenvalue weighted by Crippen LogP contribution is 2.42. The number of nitro groups is 1. The van der Waals surface area contributed by atoms with E-state index in [-0.39, 0.29) is 10.6 Å². The van der Waals surface area contributed by atoms with E-state index in [2.05, 4.69) is 19.2 Å². The van der Waals surface area contributed by atoms with Gasteiger partial charge in [0.1, 0.15) is 0 Å². The Hall–Kier alpha value is -1.42. The Bertz CT molecular complexity index is 402. The van der Waals surface area contributed by atoms with Gasteiger partial charge >= 0.3 is 0 Å². The molecule has 3 atom stereocenters. The van der Waals surface area contributed by atoms with Crippen LogP contribution >= 0.6 is 0 Å². The lowest BCUT2D eigenvalue weighted by molar-refractivity contribution is -0.384. The van der Waals surface area contributed by atoms with Gasteiger partial charge in [0.25, 0.3) is 5.69 Å². The van der Waals surface area contributed by atoms with E-state index in [0.29, 0.717) is 17.9 Å². The average Bonchev–Trinajstić information content (AvgIpc) is 2.33. The largest absolute Gasteiger partial charge is 0.314 e. The van der Waals surface area contributed by atoms with E-state index >= 15 is 0 Å². The van der Waals surface area contributed by atoms with Crippen molar-refractivity contribution in [3.8, 4) is 0 Å². The van der Waals surface area contributed by atoms with Crippen LogP contribution in [0.25, 0.3) is 0 Å². The van der Waals surface area contributed by atoms with Gasteiger partial charge in [0.2, 0.25) is 0 Å². The molecule has 0 saturated heterocycles. The fourth-order valence-electron chi connectivity index (χ4n) is 2.60. The van der Waals surface area contributed by atoms with Crippen LogP contribution in [0, 0.1) is 16.0 Å². The summed E-state index contributed by atoms with van der Waals surface area (Å²) in [7, 11) is 0. The zero-order chi connectivity index (χ0) is 12.4. The summed E-state index contributed by atoms with van der Waals surface area (Å²) in [6.07, 6.45) is 1.13. The molecule has 0 amide bonds. The maximum atomic E-state index is 10.6. The summed E-state index contributed by atoms with van der Waals surface area (Å²) in [5, 5.41) is 14.0. The monoisotopic (exact) mass is 234 g/mol. The molecule has 1 aliphatic carbocycles. The van der Waals surface area contributed by atoms with Gasteiger partial charge in [0, 0.05) is 18.2 Å². The molecular weight excluding hydrogens is 216 g/mol. The Morgan fingerprint density at radius 2 is 2.06 bits per heavy atom. The maximum Gasteiger partial charge on any atom is 0.269 e. The first kappa shape index (κ1) is 12.0. The van der Waals surface area contributed by atoms with Crippen molar-refractivity contribution in [1.82, 2.24) is 5.32 Å². The van der Waals surface area contributed by atoms with Crippen molar-refractivity contribution in [3.05, 3.63) is 39.9 Å². The number of hydrogen-bond donors (Lipinski definition) is 1. The summed E-state index contributed by atoms with van der Waals surface area (Å²) in [5.41, 5.74) is 1.39. The minimum atomic E-state index is -0.352. The predicted molar refractivity (Wildman–Crippen MR) is 67.1 cm³/mol. The molecule has 3 unspecified atom stereocenters. The molecule has 1 aliphatic rings. The predicted octanol–water partition coefficient (Wildman–Crippen LogP) is 2.70. The molecular formula is C13H18N2O2. The van der Waals surface area contributed by atoms with Crippen molar-refractivity contribution >= 4 is 5.69 Å². The summed E-state index contributed by atoms with van der Waals surface area (Å²) in [6, 6.07) is 7.58. The van der Waals surface area contributed by atoms with Crippen LogP contribution < -0.4 is 5.32 Å². The second-order valence-electron chi connectivity index (χ2n) is 4.71. The molecule has 4 heteroatoms. The van der Waals surface area contributed by atoms with E-state index in [0.717, 1.165) is 13.0 Å². The van der Waals surface area contributed by atoms with Gasteiger partial charge in [-0.15, -0.1) is 0 Å². The van der Waals surface area contributed by atoms with Crippen LogP contribution in [-0.4, -0.2) is 17.5 Å². The van der Waals surface area contributed by atoms with Crippen LogP contribution in [0.3, 0.4) is 0 Å². The topological polar surface area (TPSA) is 55.2 Å². The first-order chi connectivity index (χ1) is 8.13. The number of nitro benzene ring substituents is 1. The summed E-state index contributed by atoms with van der Waals surface area (Å²) < 4.78 is 0. The Balaban J connectivity index is 2.02. The van der Waals surface area contributed by atoms with E-state index in [1.54, 1.807) is 12.1 Å². The van der Waals surface area contributed by atoms with Crippen molar-refractivity contribution < 1.29 is 4.92 Å². The van der Waals surface area contributed by atoms with Gasteiger partial charge in [0.15, 0.2) is 0 Å². The Morgan fingerprint density at radius 3 is 2.53 bits per heavy atom. The van der Waals surface area contributed by atoms with Gasteiger partial charge in [0.05, 0.1) is 4.92 Å². The van der Waals surface area contributed by atoms with Crippen molar-refractivity contribution in [1.29, 1.82) is 0 Å².